The van der Waals surface area contributed by atoms with E-state index in [9.17, 15) is 19.5 Å². The zero-order valence-corrected chi connectivity index (χ0v) is 20.6. The third-order valence-electron chi connectivity index (χ3n) is 9.82. The lowest BCUT2D eigenvalue weighted by atomic mass is 9.46. The van der Waals surface area contributed by atoms with Gasteiger partial charge in [0.05, 0.1) is 0 Å². The predicted molar refractivity (Wildman–Crippen MR) is 125 cm³/mol. The summed E-state index contributed by atoms with van der Waals surface area (Å²) in [6.07, 6.45) is 8.93. The third kappa shape index (κ3) is 3.78. The molecule has 4 aliphatic carbocycles. The fraction of sp³-hybridized carbons (Fsp3) is 0.741. The first kappa shape index (κ1) is 24.2. The fourth-order valence-electron chi connectivity index (χ4n) is 8.26. The number of ketones is 1. The predicted octanol–water partition coefficient (Wildman–Crippen LogP) is 3.73. The van der Waals surface area contributed by atoms with Gasteiger partial charge < -0.3 is 15.2 Å². The fourth-order valence-corrected chi connectivity index (χ4v) is 8.26. The Morgan fingerprint density at radius 1 is 1.27 bits per heavy atom. The number of amides is 1. The molecule has 0 radical (unpaired) electrons. The SMILES string of the molecule is CC[C@@H](NC(=O)CO)[C@H]1C[C@H](OC(C)=O)[C@@]2(C)CC[C@H]3[C@@H](CCC4=CC(=O)C=C(C)[C@@]43C)[C@H]12. The van der Waals surface area contributed by atoms with E-state index in [0.717, 1.165) is 44.1 Å². The first-order chi connectivity index (χ1) is 15.6. The normalized spacial score (nSPS) is 40.5. The number of rotatable bonds is 5. The van der Waals surface area contributed by atoms with Gasteiger partial charge >= 0.3 is 5.97 Å². The number of carbonyl (C=O) groups excluding carboxylic acids is 3. The number of aliphatic hydroxyl groups is 1. The zero-order valence-electron chi connectivity index (χ0n) is 20.6. The second kappa shape index (κ2) is 8.68. The molecule has 4 rings (SSSR count). The molecule has 0 aliphatic heterocycles. The smallest absolute Gasteiger partial charge is 0.302 e. The van der Waals surface area contributed by atoms with E-state index in [4.69, 9.17) is 4.74 Å². The average Bonchev–Trinajstić information content (AvgIpc) is 3.04. The third-order valence-corrected chi connectivity index (χ3v) is 9.82. The summed E-state index contributed by atoms with van der Waals surface area (Å²) in [6.45, 7) is 9.73. The zero-order chi connectivity index (χ0) is 24.1. The lowest BCUT2D eigenvalue weighted by Crippen LogP contribution is -2.54. The highest BCUT2D eigenvalue weighted by Gasteiger charge is 2.64. The van der Waals surface area contributed by atoms with Gasteiger partial charge in [0.15, 0.2) is 5.78 Å². The van der Waals surface area contributed by atoms with E-state index in [1.165, 1.54) is 12.5 Å². The molecule has 3 fully saturated rings. The van der Waals surface area contributed by atoms with Gasteiger partial charge in [-0.05, 0) is 81.3 Å². The summed E-state index contributed by atoms with van der Waals surface area (Å²) in [5.41, 5.74) is 2.17. The number of allylic oxidation sites excluding steroid dienone is 4. The minimum absolute atomic E-state index is 0.0670. The van der Waals surface area contributed by atoms with Gasteiger partial charge in [0.2, 0.25) is 5.91 Å². The lowest BCUT2D eigenvalue weighted by molar-refractivity contribution is -0.156. The Bertz CT molecular complexity index is 906. The number of hydrogen-bond donors (Lipinski definition) is 2. The van der Waals surface area contributed by atoms with Gasteiger partial charge in [-0.3, -0.25) is 14.4 Å². The minimum atomic E-state index is -0.519. The van der Waals surface area contributed by atoms with Gasteiger partial charge in [0.1, 0.15) is 12.7 Å². The second-order valence-electron chi connectivity index (χ2n) is 11.2. The number of hydrogen-bond acceptors (Lipinski definition) is 5. The van der Waals surface area contributed by atoms with Gasteiger partial charge in [-0.1, -0.05) is 31.9 Å². The van der Waals surface area contributed by atoms with E-state index in [2.05, 4.69) is 33.0 Å². The number of fused-ring (bicyclic) bond motifs is 5. The van der Waals surface area contributed by atoms with E-state index in [1.807, 2.05) is 12.2 Å². The molecular weight excluding hydrogens is 418 g/mol. The Hall–Kier alpha value is -1.95. The highest BCUT2D eigenvalue weighted by atomic mass is 16.5. The Balaban J connectivity index is 1.74. The van der Waals surface area contributed by atoms with Crippen molar-refractivity contribution < 1.29 is 24.2 Å². The van der Waals surface area contributed by atoms with Gasteiger partial charge in [0.25, 0.3) is 0 Å². The molecule has 33 heavy (non-hydrogen) atoms. The number of ether oxygens (including phenoxy) is 1. The van der Waals surface area contributed by atoms with Crippen LogP contribution in [0.15, 0.2) is 23.3 Å². The van der Waals surface area contributed by atoms with Crippen LogP contribution in [0.1, 0.15) is 73.1 Å². The summed E-state index contributed by atoms with van der Waals surface area (Å²) in [6, 6.07) is -0.0670. The molecular formula is C27H39NO5. The van der Waals surface area contributed by atoms with E-state index < -0.39 is 6.61 Å². The first-order valence-corrected chi connectivity index (χ1v) is 12.6. The molecule has 1 amide bonds. The summed E-state index contributed by atoms with van der Waals surface area (Å²) in [7, 11) is 0. The molecule has 0 spiro atoms. The molecule has 0 aromatic rings. The maximum absolute atomic E-state index is 12.3. The molecule has 3 saturated carbocycles. The van der Waals surface area contributed by atoms with Crippen molar-refractivity contribution in [2.24, 2.45) is 34.5 Å². The van der Waals surface area contributed by atoms with Crippen LogP contribution >= 0.6 is 0 Å². The second-order valence-corrected chi connectivity index (χ2v) is 11.2. The molecule has 6 nitrogen and oxygen atoms in total. The molecule has 182 valence electrons. The molecule has 8 atom stereocenters. The standard InChI is InChI=1S/C27H39NO5/c1-6-22(28-24(32)14-29)20-13-23(33-16(3)30)26(4)10-9-21-19(25(20)26)8-7-17-12-18(31)11-15(2)27(17,21)5/h11-12,19-23,25,29H,6-10,13-14H2,1-5H3,(H,28,32)/t19-,20-,21+,22-,23+,25-,26-,27+/m1/s1. The monoisotopic (exact) mass is 457 g/mol. The molecule has 0 aromatic heterocycles. The molecule has 0 unspecified atom stereocenters. The van der Waals surface area contributed by atoms with Gasteiger partial charge in [0, 0.05) is 23.8 Å². The van der Waals surface area contributed by atoms with Crippen LogP contribution in [-0.2, 0) is 19.1 Å². The van der Waals surface area contributed by atoms with Crippen molar-refractivity contribution in [3.8, 4) is 0 Å². The highest BCUT2D eigenvalue weighted by molar-refractivity contribution is 6.02. The van der Waals surface area contributed by atoms with Crippen molar-refractivity contribution >= 4 is 17.7 Å². The Morgan fingerprint density at radius 2 is 2.00 bits per heavy atom. The summed E-state index contributed by atoms with van der Waals surface area (Å²) in [4.78, 5) is 36.4. The summed E-state index contributed by atoms with van der Waals surface area (Å²) in [5.74, 6) is 0.825. The first-order valence-electron chi connectivity index (χ1n) is 12.6. The maximum Gasteiger partial charge on any atom is 0.302 e. The number of nitrogens with one attached hydrogen (secondary N) is 1. The quantitative estimate of drug-likeness (QED) is 0.614. The molecule has 0 heterocycles. The summed E-state index contributed by atoms with van der Waals surface area (Å²) in [5, 5.41) is 12.4. The van der Waals surface area contributed by atoms with Crippen LogP contribution in [-0.4, -0.2) is 41.5 Å². The van der Waals surface area contributed by atoms with Crippen molar-refractivity contribution in [3.63, 3.8) is 0 Å². The van der Waals surface area contributed by atoms with Gasteiger partial charge in [-0.15, -0.1) is 0 Å². The van der Waals surface area contributed by atoms with Crippen molar-refractivity contribution in [2.45, 2.75) is 85.3 Å². The van der Waals surface area contributed by atoms with Crippen LogP contribution in [0.5, 0.6) is 0 Å². The summed E-state index contributed by atoms with van der Waals surface area (Å²) < 4.78 is 5.92. The molecule has 0 bridgehead atoms. The lowest BCUT2D eigenvalue weighted by Gasteiger charge is -2.59. The largest absolute Gasteiger partial charge is 0.462 e. The number of carbonyl (C=O) groups is 3. The van der Waals surface area contributed by atoms with Crippen molar-refractivity contribution in [1.29, 1.82) is 0 Å². The molecule has 4 aliphatic rings. The Morgan fingerprint density at radius 3 is 2.64 bits per heavy atom. The number of aliphatic hydroxyl groups excluding tert-OH is 1. The molecule has 2 N–H and O–H groups in total. The molecule has 0 saturated heterocycles. The highest BCUT2D eigenvalue weighted by Crippen LogP contribution is 2.67. The maximum atomic E-state index is 12.3. The van der Waals surface area contributed by atoms with Gasteiger partial charge in [-0.2, -0.15) is 0 Å². The summed E-state index contributed by atoms with van der Waals surface area (Å²) >= 11 is 0. The molecule has 6 heteroatoms. The minimum Gasteiger partial charge on any atom is -0.462 e. The van der Waals surface area contributed by atoms with Crippen LogP contribution in [0.2, 0.25) is 0 Å². The van der Waals surface area contributed by atoms with E-state index >= 15 is 0 Å². The van der Waals surface area contributed by atoms with E-state index in [1.54, 1.807) is 0 Å². The van der Waals surface area contributed by atoms with Crippen molar-refractivity contribution in [2.75, 3.05) is 6.61 Å². The topological polar surface area (TPSA) is 92.7 Å². The average molecular weight is 458 g/mol. The van der Waals surface area contributed by atoms with Crippen LogP contribution in [0, 0.1) is 34.5 Å². The molecule has 0 aromatic carbocycles. The van der Waals surface area contributed by atoms with E-state index in [0.29, 0.717) is 17.8 Å². The van der Waals surface area contributed by atoms with Crippen LogP contribution in [0.4, 0.5) is 0 Å². The van der Waals surface area contributed by atoms with Crippen molar-refractivity contribution in [3.05, 3.63) is 23.3 Å². The van der Waals surface area contributed by atoms with Crippen molar-refractivity contribution in [1.82, 2.24) is 5.32 Å². The number of esters is 1. The Kier molecular flexibility index (Phi) is 6.36. The van der Waals surface area contributed by atoms with Crippen LogP contribution in [0.3, 0.4) is 0 Å². The Labute approximate surface area is 197 Å². The van der Waals surface area contributed by atoms with Crippen LogP contribution < -0.4 is 5.32 Å². The van der Waals surface area contributed by atoms with E-state index in [-0.39, 0.29) is 46.6 Å². The van der Waals surface area contributed by atoms with Gasteiger partial charge in [-0.25, -0.2) is 0 Å². The van der Waals surface area contributed by atoms with Crippen LogP contribution in [0.25, 0.3) is 0 Å².